The first-order chi connectivity index (χ1) is 16.5. The number of esters is 1. The quantitative estimate of drug-likeness (QED) is 0.183. The molecule has 2 aromatic carbocycles. The minimum Gasteiger partial charge on any atom is -0.507 e. The van der Waals surface area contributed by atoms with Crippen molar-refractivity contribution in [2.45, 2.75) is 30.7 Å². The van der Waals surface area contributed by atoms with Gasteiger partial charge in [0.05, 0.1) is 7.11 Å². The van der Waals surface area contributed by atoms with Crippen LogP contribution < -0.4 is 10.2 Å². The molecule has 13 heteroatoms. The molecule has 0 aliphatic carbocycles. The highest BCUT2D eigenvalue weighted by Gasteiger charge is 2.48. The van der Waals surface area contributed by atoms with Crippen molar-refractivity contribution in [3.8, 4) is 40.1 Å². The van der Waals surface area contributed by atoms with Crippen LogP contribution in [0.4, 0.5) is 0 Å². The van der Waals surface area contributed by atoms with Crippen LogP contribution in [-0.4, -0.2) is 79.5 Å². The van der Waals surface area contributed by atoms with Crippen LogP contribution in [0.25, 0.3) is 22.3 Å². The maximum absolute atomic E-state index is 12.7. The molecule has 0 amide bonds. The molecule has 1 aromatic heterocycles. The summed E-state index contributed by atoms with van der Waals surface area (Å²) in [5.74, 6) is -4.25. The number of fused-ring (bicyclic) bond motifs is 1. The second kappa shape index (κ2) is 8.96. The van der Waals surface area contributed by atoms with Gasteiger partial charge in [0, 0.05) is 17.7 Å². The Morgan fingerprint density at radius 3 is 2.29 bits per heavy atom. The van der Waals surface area contributed by atoms with E-state index in [2.05, 4.69) is 4.74 Å². The van der Waals surface area contributed by atoms with Gasteiger partial charge in [-0.25, -0.2) is 4.79 Å². The predicted octanol–water partition coefficient (Wildman–Crippen LogP) is -0.358. The Kier molecular flexibility index (Phi) is 6.17. The van der Waals surface area contributed by atoms with Crippen LogP contribution in [0.15, 0.2) is 39.5 Å². The molecule has 5 unspecified atom stereocenters. The van der Waals surface area contributed by atoms with E-state index in [9.17, 15) is 45.3 Å². The summed E-state index contributed by atoms with van der Waals surface area (Å²) in [6, 6.07) is 5.42. The first-order valence-electron chi connectivity index (χ1n) is 10.0. The molecule has 5 atom stereocenters. The summed E-state index contributed by atoms with van der Waals surface area (Å²) in [5, 5.41) is 69.7. The molecule has 1 aliphatic rings. The van der Waals surface area contributed by atoms with E-state index in [1.165, 1.54) is 6.07 Å². The maximum Gasteiger partial charge on any atom is 0.337 e. The minimum absolute atomic E-state index is 0.0201. The zero-order valence-corrected chi connectivity index (χ0v) is 17.9. The summed E-state index contributed by atoms with van der Waals surface area (Å²) in [5.41, 5.74) is -1.29. The van der Waals surface area contributed by atoms with Gasteiger partial charge < -0.3 is 54.4 Å². The molecular formula is C22H20O13. The Bertz CT molecular complexity index is 1350. The summed E-state index contributed by atoms with van der Waals surface area (Å²) in [7, 11) is 1.02. The second-order valence-electron chi connectivity index (χ2n) is 7.67. The summed E-state index contributed by atoms with van der Waals surface area (Å²) >= 11 is 0. The predicted molar refractivity (Wildman–Crippen MR) is 114 cm³/mol. The Balaban J connectivity index is 1.75. The van der Waals surface area contributed by atoms with Crippen LogP contribution in [0.3, 0.4) is 0 Å². The van der Waals surface area contributed by atoms with Gasteiger partial charge in [-0.05, 0) is 18.2 Å². The fraction of sp³-hybridized carbons (Fsp3) is 0.273. The number of carbonyl (C=O) groups excluding carboxylic acids is 1. The zero-order valence-electron chi connectivity index (χ0n) is 17.9. The van der Waals surface area contributed by atoms with Crippen molar-refractivity contribution in [3.63, 3.8) is 0 Å². The molecule has 186 valence electrons. The number of hydrogen-bond donors (Lipinski definition) is 7. The number of methoxy groups -OCH3 is 1. The second-order valence-corrected chi connectivity index (χ2v) is 7.67. The average molecular weight is 492 g/mol. The number of hydrogen-bond acceptors (Lipinski definition) is 13. The number of phenolic OH excluding ortho intramolecular Hbond substituents is 3. The molecule has 1 fully saturated rings. The van der Waals surface area contributed by atoms with Gasteiger partial charge in [-0.15, -0.1) is 0 Å². The van der Waals surface area contributed by atoms with Crippen molar-refractivity contribution in [2.75, 3.05) is 7.11 Å². The fourth-order valence-corrected chi connectivity index (χ4v) is 3.58. The fourth-order valence-electron chi connectivity index (χ4n) is 3.58. The molecule has 1 aliphatic heterocycles. The molecule has 1 saturated heterocycles. The molecule has 0 spiro atoms. The summed E-state index contributed by atoms with van der Waals surface area (Å²) < 4.78 is 20.7. The van der Waals surface area contributed by atoms with Gasteiger partial charge in [-0.3, -0.25) is 4.79 Å². The van der Waals surface area contributed by atoms with E-state index < -0.39 is 76.2 Å². The third-order valence-electron chi connectivity index (χ3n) is 5.42. The van der Waals surface area contributed by atoms with Crippen molar-refractivity contribution < 1.29 is 59.2 Å². The van der Waals surface area contributed by atoms with E-state index >= 15 is 0 Å². The zero-order chi connectivity index (χ0) is 25.6. The van der Waals surface area contributed by atoms with Crippen molar-refractivity contribution in [1.82, 2.24) is 0 Å². The van der Waals surface area contributed by atoms with Crippen LogP contribution >= 0.6 is 0 Å². The van der Waals surface area contributed by atoms with Crippen LogP contribution in [0, 0.1) is 0 Å². The number of ether oxygens (including phenoxy) is 3. The largest absolute Gasteiger partial charge is 0.507 e. The molecule has 13 nitrogen and oxygen atoms in total. The van der Waals surface area contributed by atoms with E-state index in [1.807, 2.05) is 0 Å². The lowest BCUT2D eigenvalue weighted by molar-refractivity contribution is -0.271. The van der Waals surface area contributed by atoms with Gasteiger partial charge in [-0.2, -0.15) is 0 Å². The topological polar surface area (TPSA) is 217 Å². The molecule has 3 aromatic rings. The lowest BCUT2D eigenvalue weighted by Gasteiger charge is -2.38. The van der Waals surface area contributed by atoms with Gasteiger partial charge >= 0.3 is 5.97 Å². The lowest BCUT2D eigenvalue weighted by atomic mass is 9.99. The Labute approximate surface area is 195 Å². The molecule has 0 saturated carbocycles. The molecule has 4 rings (SSSR count). The molecule has 35 heavy (non-hydrogen) atoms. The number of aliphatic hydroxyl groups excluding tert-OH is 3. The smallest absolute Gasteiger partial charge is 0.337 e. The van der Waals surface area contributed by atoms with Crippen LogP contribution in [0.2, 0.25) is 0 Å². The molecule has 0 bridgehead atoms. The SMILES string of the molecule is COC(=O)C1OC(Oc2cc(O)c3c(=O)c(O)c(-c4ccc(O)c(O)c4)oc3c2)C(O)C(O)C1O. The monoisotopic (exact) mass is 492 g/mol. The Morgan fingerprint density at radius 2 is 1.63 bits per heavy atom. The number of aliphatic hydroxyl groups is 3. The first kappa shape index (κ1) is 24.1. The summed E-state index contributed by atoms with van der Waals surface area (Å²) in [6.45, 7) is 0. The minimum atomic E-state index is -1.85. The van der Waals surface area contributed by atoms with E-state index in [-0.39, 0.29) is 16.9 Å². The summed E-state index contributed by atoms with van der Waals surface area (Å²) in [4.78, 5) is 24.5. The maximum atomic E-state index is 12.7. The third-order valence-corrected chi connectivity index (χ3v) is 5.42. The lowest BCUT2D eigenvalue weighted by Crippen LogP contribution is -2.61. The van der Waals surface area contributed by atoms with Crippen molar-refractivity contribution >= 4 is 16.9 Å². The average Bonchev–Trinajstić information content (AvgIpc) is 2.82. The summed E-state index contributed by atoms with van der Waals surface area (Å²) in [6.07, 6.45) is -8.90. The van der Waals surface area contributed by atoms with E-state index in [1.54, 1.807) is 0 Å². The Morgan fingerprint density at radius 1 is 0.914 bits per heavy atom. The highest BCUT2D eigenvalue weighted by Crippen LogP contribution is 2.38. The van der Waals surface area contributed by atoms with Crippen molar-refractivity contribution in [1.29, 1.82) is 0 Å². The molecular weight excluding hydrogens is 472 g/mol. The first-order valence-corrected chi connectivity index (χ1v) is 10.0. The van der Waals surface area contributed by atoms with Crippen LogP contribution in [0.5, 0.6) is 28.7 Å². The van der Waals surface area contributed by atoms with E-state index in [0.29, 0.717) is 0 Å². The van der Waals surface area contributed by atoms with Crippen molar-refractivity contribution in [2.24, 2.45) is 0 Å². The number of carbonyl (C=O) groups is 1. The highest BCUT2D eigenvalue weighted by molar-refractivity contribution is 5.88. The van der Waals surface area contributed by atoms with Gasteiger partial charge in [0.15, 0.2) is 23.4 Å². The highest BCUT2D eigenvalue weighted by atomic mass is 16.7. The van der Waals surface area contributed by atoms with Crippen molar-refractivity contribution in [3.05, 3.63) is 40.6 Å². The van der Waals surface area contributed by atoms with Crippen LogP contribution in [0.1, 0.15) is 0 Å². The molecule has 0 radical (unpaired) electrons. The van der Waals surface area contributed by atoms with Gasteiger partial charge in [0.2, 0.25) is 17.5 Å². The van der Waals surface area contributed by atoms with Gasteiger partial charge in [0.1, 0.15) is 40.8 Å². The third kappa shape index (κ3) is 4.17. The molecule has 7 N–H and O–H groups in total. The number of phenols is 3. The standard InChI is InChI=1S/C22H20O13/c1-32-21(31)20-17(29)15(27)18(30)22(35-20)33-8-5-11(25)13-12(6-8)34-19(16(28)14(13)26)7-2-3-9(23)10(24)4-7/h2-6,15,17-18,20,22-25,27-30H,1H3. The number of aromatic hydroxyl groups is 4. The molecule has 2 heterocycles. The number of benzene rings is 2. The van der Waals surface area contributed by atoms with E-state index in [4.69, 9.17) is 13.9 Å². The van der Waals surface area contributed by atoms with E-state index in [0.717, 1.165) is 31.4 Å². The Hall–Kier alpha value is -4.04. The van der Waals surface area contributed by atoms with Gasteiger partial charge in [0.25, 0.3) is 0 Å². The number of rotatable bonds is 4. The van der Waals surface area contributed by atoms with Crippen LogP contribution in [-0.2, 0) is 14.3 Å². The normalized spacial score (nSPS) is 24.3. The van der Waals surface area contributed by atoms with Gasteiger partial charge in [-0.1, -0.05) is 0 Å².